The molecule has 1 aromatic carbocycles. The minimum atomic E-state index is -0.330. The lowest BCUT2D eigenvalue weighted by Crippen LogP contribution is -2.34. The number of hydrogen-bond donors (Lipinski definition) is 1. The number of rotatable bonds is 6. The van der Waals surface area contributed by atoms with Crippen LogP contribution in [-0.2, 0) is 0 Å². The Morgan fingerprint density at radius 2 is 1.75 bits per heavy atom. The number of amides is 1. The summed E-state index contributed by atoms with van der Waals surface area (Å²) >= 11 is 0. The summed E-state index contributed by atoms with van der Waals surface area (Å²) in [6.45, 7) is 4.05. The lowest BCUT2D eigenvalue weighted by atomic mass is 10.00. The summed E-state index contributed by atoms with van der Waals surface area (Å²) in [5.41, 5.74) is 0.823. The first kappa shape index (κ1) is 19.7. The number of nitrogens with one attached hydrogen (secondary N) is 1. The van der Waals surface area contributed by atoms with Gasteiger partial charge in [0.15, 0.2) is 11.5 Å². The molecule has 3 rings (SSSR count). The Morgan fingerprint density at radius 1 is 1.11 bits per heavy atom. The predicted octanol–water partition coefficient (Wildman–Crippen LogP) is 2.99. The molecular weight excluding hydrogens is 360 g/mol. The summed E-state index contributed by atoms with van der Waals surface area (Å²) in [6, 6.07) is 4.95. The van der Waals surface area contributed by atoms with Gasteiger partial charge < -0.3 is 24.4 Å². The normalized spacial score (nSPS) is 14.5. The largest absolute Gasteiger partial charge is 0.493 e. The van der Waals surface area contributed by atoms with Gasteiger partial charge in [0, 0.05) is 37.1 Å². The van der Waals surface area contributed by atoms with E-state index in [0.29, 0.717) is 40.5 Å². The third-order valence-electron chi connectivity index (χ3n) is 4.86. The van der Waals surface area contributed by atoms with Crippen molar-refractivity contribution in [1.29, 1.82) is 0 Å². The van der Waals surface area contributed by atoms with E-state index < -0.39 is 0 Å². The Labute approximate surface area is 164 Å². The number of benzene rings is 1. The average Bonchev–Trinajstić information content (AvgIpc) is 2.73. The van der Waals surface area contributed by atoms with Crippen LogP contribution in [0.15, 0.2) is 24.4 Å². The van der Waals surface area contributed by atoms with E-state index in [-0.39, 0.29) is 5.91 Å². The quantitative estimate of drug-likeness (QED) is 0.817. The number of methoxy groups -OCH3 is 3. The highest BCUT2D eigenvalue weighted by atomic mass is 16.5. The van der Waals surface area contributed by atoms with Crippen LogP contribution < -0.4 is 24.4 Å². The molecule has 0 aliphatic carbocycles. The first-order valence-electron chi connectivity index (χ1n) is 9.25. The van der Waals surface area contributed by atoms with E-state index >= 15 is 0 Å². The van der Waals surface area contributed by atoms with Gasteiger partial charge in [-0.05, 0) is 24.8 Å². The highest BCUT2D eigenvalue weighted by molar-refractivity contribution is 6.03. The van der Waals surface area contributed by atoms with Crippen LogP contribution in [0.4, 0.5) is 11.6 Å². The Balaban J connectivity index is 1.79. The Hall–Kier alpha value is -3.03. The molecule has 2 aromatic rings. The standard InChI is InChI=1S/C20H26N4O4/c1-13-6-9-24(10-7-13)20-21-8-5-15(23-20)19(25)22-14-11-16(26-2)18(28-4)17(12-14)27-3/h5,8,11-13H,6-7,9-10H2,1-4H3,(H,22,25). The summed E-state index contributed by atoms with van der Waals surface area (Å²) in [5, 5.41) is 2.83. The van der Waals surface area contributed by atoms with Crippen molar-refractivity contribution in [1.82, 2.24) is 9.97 Å². The fourth-order valence-electron chi connectivity index (χ4n) is 3.18. The smallest absolute Gasteiger partial charge is 0.274 e. The number of piperidine rings is 1. The monoisotopic (exact) mass is 386 g/mol. The Morgan fingerprint density at radius 3 is 2.32 bits per heavy atom. The van der Waals surface area contributed by atoms with E-state index in [0.717, 1.165) is 25.9 Å². The van der Waals surface area contributed by atoms with Gasteiger partial charge >= 0.3 is 0 Å². The van der Waals surface area contributed by atoms with Crippen LogP contribution in [0.25, 0.3) is 0 Å². The van der Waals surface area contributed by atoms with Crippen molar-refractivity contribution in [2.45, 2.75) is 19.8 Å². The van der Waals surface area contributed by atoms with Gasteiger partial charge in [0.2, 0.25) is 11.7 Å². The average molecular weight is 386 g/mol. The summed E-state index contributed by atoms with van der Waals surface area (Å²) in [7, 11) is 4.58. The first-order valence-corrected chi connectivity index (χ1v) is 9.25. The van der Waals surface area contributed by atoms with Crippen LogP contribution in [-0.4, -0.2) is 50.3 Å². The molecule has 2 heterocycles. The molecule has 0 spiro atoms. The molecule has 1 aliphatic rings. The third-order valence-corrected chi connectivity index (χ3v) is 4.86. The molecule has 8 nitrogen and oxygen atoms in total. The summed E-state index contributed by atoms with van der Waals surface area (Å²) in [5.74, 6) is 2.35. The van der Waals surface area contributed by atoms with E-state index in [2.05, 4.69) is 27.1 Å². The van der Waals surface area contributed by atoms with Crippen molar-refractivity contribution in [2.24, 2.45) is 5.92 Å². The van der Waals surface area contributed by atoms with Gasteiger partial charge in [0.25, 0.3) is 5.91 Å². The van der Waals surface area contributed by atoms with Gasteiger partial charge in [-0.25, -0.2) is 9.97 Å². The molecular formula is C20H26N4O4. The summed E-state index contributed by atoms with van der Waals surface area (Å²) in [4.78, 5) is 23.6. The van der Waals surface area contributed by atoms with E-state index in [1.807, 2.05) is 0 Å². The second-order valence-corrected chi connectivity index (χ2v) is 6.78. The molecule has 1 aliphatic heterocycles. The van der Waals surface area contributed by atoms with Crippen LogP contribution in [0.5, 0.6) is 17.2 Å². The van der Waals surface area contributed by atoms with Crippen molar-refractivity contribution < 1.29 is 19.0 Å². The van der Waals surface area contributed by atoms with E-state index in [4.69, 9.17) is 14.2 Å². The number of aromatic nitrogens is 2. The molecule has 0 radical (unpaired) electrons. The molecule has 8 heteroatoms. The molecule has 1 saturated heterocycles. The van der Waals surface area contributed by atoms with Gasteiger partial charge in [-0.3, -0.25) is 4.79 Å². The number of carbonyl (C=O) groups excluding carboxylic acids is 1. The summed E-state index contributed by atoms with van der Waals surface area (Å²) in [6.07, 6.45) is 3.82. The highest BCUT2D eigenvalue weighted by Crippen LogP contribution is 2.40. The molecule has 1 aromatic heterocycles. The van der Waals surface area contributed by atoms with Crippen molar-refractivity contribution in [3.05, 3.63) is 30.1 Å². The van der Waals surface area contributed by atoms with Crippen LogP contribution in [0.2, 0.25) is 0 Å². The topological polar surface area (TPSA) is 85.8 Å². The number of ether oxygens (including phenoxy) is 3. The maximum atomic E-state index is 12.7. The molecule has 0 unspecified atom stereocenters. The second kappa shape index (κ2) is 8.77. The zero-order chi connectivity index (χ0) is 20.1. The van der Waals surface area contributed by atoms with E-state index in [1.165, 1.54) is 21.3 Å². The van der Waals surface area contributed by atoms with E-state index in [9.17, 15) is 4.79 Å². The maximum Gasteiger partial charge on any atom is 0.274 e. The van der Waals surface area contributed by atoms with E-state index in [1.54, 1.807) is 24.4 Å². The molecule has 1 amide bonds. The Kier molecular flexibility index (Phi) is 6.18. The number of carbonyl (C=O) groups is 1. The SMILES string of the molecule is COc1cc(NC(=O)c2ccnc(N3CCC(C)CC3)n2)cc(OC)c1OC. The summed E-state index contributed by atoms with van der Waals surface area (Å²) < 4.78 is 16.0. The fraction of sp³-hybridized carbons (Fsp3) is 0.450. The van der Waals surface area contributed by atoms with Gasteiger partial charge in [0.1, 0.15) is 5.69 Å². The fourth-order valence-corrected chi connectivity index (χ4v) is 3.18. The molecule has 1 fully saturated rings. The lowest BCUT2D eigenvalue weighted by molar-refractivity contribution is 0.102. The number of nitrogens with zero attached hydrogens (tertiary/aromatic N) is 3. The number of anilines is 2. The highest BCUT2D eigenvalue weighted by Gasteiger charge is 2.20. The first-order chi connectivity index (χ1) is 13.5. The van der Waals surface area contributed by atoms with Crippen LogP contribution in [0.1, 0.15) is 30.3 Å². The van der Waals surface area contributed by atoms with Gasteiger partial charge in [-0.2, -0.15) is 0 Å². The van der Waals surface area contributed by atoms with Crippen LogP contribution in [0, 0.1) is 5.92 Å². The van der Waals surface area contributed by atoms with Gasteiger partial charge in [0.05, 0.1) is 21.3 Å². The minimum Gasteiger partial charge on any atom is -0.493 e. The van der Waals surface area contributed by atoms with Crippen LogP contribution >= 0.6 is 0 Å². The molecule has 0 bridgehead atoms. The zero-order valence-electron chi connectivity index (χ0n) is 16.7. The predicted molar refractivity (Wildman–Crippen MR) is 107 cm³/mol. The maximum absolute atomic E-state index is 12.7. The molecule has 1 N–H and O–H groups in total. The minimum absolute atomic E-state index is 0.303. The van der Waals surface area contributed by atoms with Gasteiger partial charge in [-0.1, -0.05) is 6.92 Å². The number of hydrogen-bond acceptors (Lipinski definition) is 7. The van der Waals surface area contributed by atoms with Gasteiger partial charge in [-0.15, -0.1) is 0 Å². The molecule has 0 atom stereocenters. The Bertz CT molecular complexity index is 810. The second-order valence-electron chi connectivity index (χ2n) is 6.78. The van der Waals surface area contributed by atoms with Crippen molar-refractivity contribution >= 4 is 17.5 Å². The van der Waals surface area contributed by atoms with Crippen molar-refractivity contribution in [3.63, 3.8) is 0 Å². The molecule has 150 valence electrons. The van der Waals surface area contributed by atoms with Crippen molar-refractivity contribution in [3.8, 4) is 17.2 Å². The molecule has 0 saturated carbocycles. The van der Waals surface area contributed by atoms with Crippen molar-refractivity contribution in [2.75, 3.05) is 44.6 Å². The molecule has 28 heavy (non-hydrogen) atoms. The lowest BCUT2D eigenvalue weighted by Gasteiger charge is -2.30. The zero-order valence-corrected chi connectivity index (χ0v) is 16.7. The van der Waals surface area contributed by atoms with Crippen LogP contribution in [0.3, 0.4) is 0 Å². The third kappa shape index (κ3) is 4.27.